The minimum Gasteiger partial charge on any atom is -0.508 e. The van der Waals surface area contributed by atoms with E-state index >= 15 is 0 Å². The van der Waals surface area contributed by atoms with Gasteiger partial charge >= 0.3 is 0 Å². The summed E-state index contributed by atoms with van der Waals surface area (Å²) in [5.74, 6) is 0.290. The molecule has 1 aromatic carbocycles. The van der Waals surface area contributed by atoms with E-state index in [2.05, 4.69) is 12.1 Å². The minimum absolute atomic E-state index is 0.290. The van der Waals surface area contributed by atoms with Gasteiger partial charge in [-0.15, -0.1) is 0 Å². The number of aryl methyl sites for hydroxylation is 1. The summed E-state index contributed by atoms with van der Waals surface area (Å²) in [5.41, 5.74) is 1.66. The molecule has 0 unspecified atom stereocenters. The van der Waals surface area contributed by atoms with Gasteiger partial charge in [-0.25, -0.2) is 0 Å². The molecule has 0 radical (unpaired) electrons. The highest BCUT2D eigenvalue weighted by molar-refractivity contribution is 6.50. The van der Waals surface area contributed by atoms with E-state index in [0.717, 1.165) is 18.4 Å². The van der Waals surface area contributed by atoms with Gasteiger partial charge in [-0.05, 0) is 36.1 Å². The second-order valence-electron chi connectivity index (χ2n) is 5.43. The molecule has 0 saturated carbocycles. The van der Waals surface area contributed by atoms with E-state index in [1.54, 1.807) is 12.2 Å². The number of alkyl halides is 2. The average Bonchev–Trinajstić information content (AvgIpc) is 2.36. The van der Waals surface area contributed by atoms with Gasteiger partial charge in [0.1, 0.15) is 10.1 Å². The molecule has 0 bridgehead atoms. The first-order valence-corrected chi connectivity index (χ1v) is 7.14. The molecule has 1 nitrogen and oxygen atoms in total. The highest BCUT2D eigenvalue weighted by atomic mass is 35.5. The van der Waals surface area contributed by atoms with E-state index in [-0.39, 0.29) is 5.76 Å². The first kappa shape index (κ1) is 14.5. The van der Waals surface area contributed by atoms with Crippen LogP contribution in [0.5, 0.6) is 0 Å². The van der Waals surface area contributed by atoms with Crippen molar-refractivity contribution in [3.63, 3.8) is 0 Å². The summed E-state index contributed by atoms with van der Waals surface area (Å²) in [6.07, 6.45) is 4.86. The Kier molecular flexibility index (Phi) is 3.98. The van der Waals surface area contributed by atoms with Crippen molar-refractivity contribution in [1.82, 2.24) is 0 Å². The summed E-state index contributed by atoms with van der Waals surface area (Å²) in [6.45, 7) is 3.93. The molecule has 0 aliphatic heterocycles. The van der Waals surface area contributed by atoms with Crippen LogP contribution in [0.25, 0.3) is 0 Å². The summed E-state index contributed by atoms with van der Waals surface area (Å²) >= 11 is 12.7. The first-order chi connectivity index (χ1) is 8.84. The van der Waals surface area contributed by atoms with Crippen molar-refractivity contribution >= 4 is 23.2 Å². The van der Waals surface area contributed by atoms with Crippen LogP contribution in [0.3, 0.4) is 0 Å². The van der Waals surface area contributed by atoms with E-state index in [9.17, 15) is 5.11 Å². The quantitative estimate of drug-likeness (QED) is 0.760. The molecular weight excluding hydrogens is 279 g/mol. The molecule has 0 saturated heterocycles. The number of hydrogen-bond donors (Lipinski definition) is 1. The van der Waals surface area contributed by atoms with Gasteiger partial charge in [0.25, 0.3) is 0 Å². The third-order valence-corrected chi connectivity index (χ3v) is 5.05. The molecule has 1 aliphatic carbocycles. The molecule has 0 fully saturated rings. The number of hydrogen-bond acceptors (Lipinski definition) is 1. The van der Waals surface area contributed by atoms with Gasteiger partial charge in [0.05, 0.1) is 0 Å². The Bertz CT molecular complexity index is 513. The molecule has 1 N–H and O–H groups in total. The molecule has 1 aliphatic rings. The Morgan fingerprint density at radius 3 is 2.32 bits per heavy atom. The topological polar surface area (TPSA) is 20.2 Å². The molecule has 0 atom stereocenters. The van der Waals surface area contributed by atoms with Crippen molar-refractivity contribution in [3.05, 3.63) is 59.4 Å². The lowest BCUT2D eigenvalue weighted by Gasteiger charge is -2.40. The molecular formula is C16H18Cl2O. The molecule has 19 heavy (non-hydrogen) atoms. The summed E-state index contributed by atoms with van der Waals surface area (Å²) in [5, 5.41) is 10.1. The third-order valence-electron chi connectivity index (χ3n) is 3.85. The van der Waals surface area contributed by atoms with E-state index in [1.807, 2.05) is 32.0 Å². The van der Waals surface area contributed by atoms with Crippen LogP contribution in [0.1, 0.15) is 25.8 Å². The Labute approximate surface area is 124 Å². The van der Waals surface area contributed by atoms with Crippen LogP contribution in [0.2, 0.25) is 0 Å². The van der Waals surface area contributed by atoms with E-state index < -0.39 is 9.75 Å². The van der Waals surface area contributed by atoms with Gasteiger partial charge in [0, 0.05) is 5.41 Å². The first-order valence-electron chi connectivity index (χ1n) is 6.38. The van der Waals surface area contributed by atoms with Gasteiger partial charge in [0.2, 0.25) is 0 Å². The van der Waals surface area contributed by atoms with Crippen molar-refractivity contribution in [2.45, 2.75) is 31.0 Å². The maximum atomic E-state index is 10.1. The van der Waals surface area contributed by atoms with Crippen molar-refractivity contribution < 1.29 is 5.11 Å². The maximum Gasteiger partial charge on any atom is 0.145 e. The van der Waals surface area contributed by atoms with Crippen LogP contribution < -0.4 is 0 Å². The monoisotopic (exact) mass is 296 g/mol. The molecule has 0 aromatic heterocycles. The zero-order valence-electron chi connectivity index (χ0n) is 11.2. The van der Waals surface area contributed by atoms with Gasteiger partial charge in [0.15, 0.2) is 0 Å². The van der Waals surface area contributed by atoms with Crippen LogP contribution in [0.4, 0.5) is 0 Å². The van der Waals surface area contributed by atoms with E-state index in [0.29, 0.717) is 0 Å². The van der Waals surface area contributed by atoms with Crippen molar-refractivity contribution in [2.24, 2.45) is 5.41 Å². The summed E-state index contributed by atoms with van der Waals surface area (Å²) in [6, 6.07) is 10.2. The predicted octanol–water partition coefficient (Wildman–Crippen LogP) is 5.20. The lowest BCUT2D eigenvalue weighted by Crippen LogP contribution is -2.37. The fourth-order valence-corrected chi connectivity index (χ4v) is 2.72. The van der Waals surface area contributed by atoms with Crippen LogP contribution >= 0.6 is 23.2 Å². The fourth-order valence-electron chi connectivity index (χ4n) is 2.37. The molecule has 1 aromatic rings. The summed E-state index contributed by atoms with van der Waals surface area (Å²) in [7, 11) is 0. The number of aliphatic hydroxyl groups excluding tert-OH is 1. The Morgan fingerprint density at radius 1 is 1.05 bits per heavy atom. The zero-order chi connectivity index (χ0) is 14.1. The number of benzene rings is 1. The van der Waals surface area contributed by atoms with E-state index in [4.69, 9.17) is 23.2 Å². The van der Waals surface area contributed by atoms with Crippen molar-refractivity contribution in [2.75, 3.05) is 0 Å². The second-order valence-corrected chi connectivity index (χ2v) is 6.82. The molecule has 0 heterocycles. The number of allylic oxidation sites excluding steroid dienone is 3. The number of halogens is 2. The third kappa shape index (κ3) is 2.82. The van der Waals surface area contributed by atoms with Gasteiger partial charge < -0.3 is 5.11 Å². The van der Waals surface area contributed by atoms with Gasteiger partial charge in [-0.1, -0.05) is 67.4 Å². The number of aliphatic hydroxyl groups is 1. The molecule has 102 valence electrons. The highest BCUT2D eigenvalue weighted by Gasteiger charge is 2.45. The standard InChI is InChI=1S/C16H18Cl2O/c1-15(2)13(14(19)10-11-16(15,17)18)9-8-12-6-4-3-5-7-12/h3-7,10-11,19H,8-9H2,1-2H3. The molecule has 3 heteroatoms. The Balaban J connectivity index is 2.21. The van der Waals surface area contributed by atoms with Crippen LogP contribution in [0, 0.1) is 5.41 Å². The van der Waals surface area contributed by atoms with Crippen LogP contribution in [0.15, 0.2) is 53.8 Å². The largest absolute Gasteiger partial charge is 0.508 e. The predicted molar refractivity (Wildman–Crippen MR) is 81.8 cm³/mol. The second kappa shape index (κ2) is 5.22. The lowest BCUT2D eigenvalue weighted by atomic mass is 9.74. The van der Waals surface area contributed by atoms with Gasteiger partial charge in [-0.2, -0.15) is 0 Å². The highest BCUT2D eigenvalue weighted by Crippen LogP contribution is 2.51. The zero-order valence-corrected chi connectivity index (χ0v) is 12.7. The Hall–Kier alpha value is -0.920. The molecule has 2 rings (SSSR count). The smallest absolute Gasteiger partial charge is 0.145 e. The normalized spacial score (nSPS) is 20.6. The van der Waals surface area contributed by atoms with Crippen molar-refractivity contribution in [3.8, 4) is 0 Å². The van der Waals surface area contributed by atoms with Crippen molar-refractivity contribution in [1.29, 1.82) is 0 Å². The molecule has 0 spiro atoms. The summed E-state index contributed by atoms with van der Waals surface area (Å²) < 4.78 is -0.981. The minimum atomic E-state index is -0.981. The lowest BCUT2D eigenvalue weighted by molar-refractivity contribution is 0.343. The van der Waals surface area contributed by atoms with Gasteiger partial charge in [-0.3, -0.25) is 0 Å². The fraction of sp³-hybridized carbons (Fsp3) is 0.375. The van der Waals surface area contributed by atoms with Crippen LogP contribution in [-0.2, 0) is 6.42 Å². The maximum absolute atomic E-state index is 10.1. The average molecular weight is 297 g/mol. The number of rotatable bonds is 3. The SMILES string of the molecule is CC1(C)C(CCc2ccccc2)=C(O)C=CC1(Cl)Cl. The van der Waals surface area contributed by atoms with Crippen LogP contribution in [-0.4, -0.2) is 9.44 Å². The summed E-state index contributed by atoms with van der Waals surface area (Å²) in [4.78, 5) is 0. The Morgan fingerprint density at radius 2 is 1.68 bits per heavy atom. The van der Waals surface area contributed by atoms with E-state index in [1.165, 1.54) is 5.56 Å². The molecule has 0 amide bonds.